The number of pyridine rings is 1. The summed E-state index contributed by atoms with van der Waals surface area (Å²) < 4.78 is 0. The molecule has 0 amide bonds. The number of fused-ring (bicyclic) bond motifs is 1. The molecule has 3 aromatic heterocycles. The number of aromatic nitrogens is 3. The quantitative estimate of drug-likeness (QED) is 0.674. The first-order chi connectivity index (χ1) is 13.2. The molecule has 0 aliphatic carbocycles. The minimum atomic E-state index is -0.0171. The van der Waals surface area contributed by atoms with Crippen LogP contribution in [0.1, 0.15) is 31.3 Å². The third-order valence-corrected chi connectivity index (χ3v) is 5.62. The van der Waals surface area contributed by atoms with E-state index in [2.05, 4.69) is 77.0 Å². The SMILES string of the molecule is CN1CCN(c2nc(N)c3cc(C(C)(C)C)ncc3n2)CC1.Cc1cccs1. The zero-order chi connectivity index (χ0) is 20.3. The Labute approximate surface area is 171 Å². The summed E-state index contributed by atoms with van der Waals surface area (Å²) in [6, 6.07) is 6.17. The summed E-state index contributed by atoms with van der Waals surface area (Å²) in [4.78, 5) is 19.6. The highest BCUT2D eigenvalue weighted by Crippen LogP contribution is 2.27. The lowest BCUT2D eigenvalue weighted by Gasteiger charge is -2.32. The fraction of sp³-hybridized carbons (Fsp3) is 0.476. The van der Waals surface area contributed by atoms with Crippen LogP contribution in [0.4, 0.5) is 11.8 Å². The first-order valence-corrected chi connectivity index (χ1v) is 10.5. The van der Waals surface area contributed by atoms with Crippen molar-refractivity contribution < 1.29 is 0 Å². The number of likely N-dealkylation sites (N-methyl/N-ethyl adjacent to an activating group) is 1. The van der Waals surface area contributed by atoms with E-state index >= 15 is 0 Å². The number of nitrogen functional groups attached to an aromatic ring is 1. The molecule has 0 unspecified atom stereocenters. The summed E-state index contributed by atoms with van der Waals surface area (Å²) in [5.74, 6) is 1.25. The lowest BCUT2D eigenvalue weighted by molar-refractivity contribution is 0.311. The Kier molecular flexibility index (Phi) is 6.15. The summed E-state index contributed by atoms with van der Waals surface area (Å²) in [5, 5.41) is 2.97. The molecule has 1 aliphatic rings. The lowest BCUT2D eigenvalue weighted by atomic mass is 9.91. The van der Waals surface area contributed by atoms with Crippen LogP contribution in [-0.4, -0.2) is 53.1 Å². The summed E-state index contributed by atoms with van der Waals surface area (Å²) in [5.41, 5.74) is 7.99. The predicted octanol–water partition coefficient (Wildman–Crippen LogP) is 3.71. The monoisotopic (exact) mass is 398 g/mol. The van der Waals surface area contributed by atoms with E-state index in [1.54, 1.807) is 11.3 Å². The predicted molar refractivity (Wildman–Crippen MR) is 119 cm³/mol. The highest BCUT2D eigenvalue weighted by atomic mass is 32.1. The third kappa shape index (κ3) is 4.97. The molecular weight excluding hydrogens is 368 g/mol. The van der Waals surface area contributed by atoms with E-state index in [0.717, 1.165) is 42.8 Å². The van der Waals surface area contributed by atoms with E-state index in [9.17, 15) is 0 Å². The van der Waals surface area contributed by atoms with Crippen LogP contribution in [0.3, 0.4) is 0 Å². The van der Waals surface area contributed by atoms with Crippen molar-refractivity contribution in [2.75, 3.05) is 43.9 Å². The van der Waals surface area contributed by atoms with Gasteiger partial charge in [0.2, 0.25) is 5.95 Å². The molecule has 150 valence electrons. The number of nitrogens with two attached hydrogens (primary N) is 1. The number of piperazine rings is 1. The van der Waals surface area contributed by atoms with E-state index in [1.807, 2.05) is 12.3 Å². The first kappa shape index (κ1) is 20.5. The average Bonchev–Trinajstić information content (AvgIpc) is 3.13. The zero-order valence-electron chi connectivity index (χ0n) is 17.4. The van der Waals surface area contributed by atoms with Gasteiger partial charge in [0.05, 0.1) is 11.7 Å². The molecule has 1 aliphatic heterocycles. The van der Waals surface area contributed by atoms with Crippen molar-refractivity contribution >= 4 is 34.0 Å². The van der Waals surface area contributed by atoms with Gasteiger partial charge in [0.25, 0.3) is 0 Å². The van der Waals surface area contributed by atoms with Gasteiger partial charge < -0.3 is 15.5 Å². The fourth-order valence-electron chi connectivity index (χ4n) is 2.96. The molecule has 4 rings (SSSR count). The molecule has 6 nitrogen and oxygen atoms in total. The molecule has 1 fully saturated rings. The molecule has 0 spiro atoms. The maximum absolute atomic E-state index is 6.19. The van der Waals surface area contributed by atoms with Crippen LogP contribution >= 0.6 is 11.3 Å². The Morgan fingerprint density at radius 2 is 1.82 bits per heavy atom. The van der Waals surface area contributed by atoms with Crippen LogP contribution in [0.25, 0.3) is 10.9 Å². The highest BCUT2D eigenvalue weighted by Gasteiger charge is 2.20. The molecular formula is C21H30N6S. The Hall–Kier alpha value is -2.25. The Morgan fingerprint density at radius 1 is 1.11 bits per heavy atom. The normalized spacial score (nSPS) is 15.4. The van der Waals surface area contributed by atoms with Gasteiger partial charge in [-0.1, -0.05) is 26.8 Å². The van der Waals surface area contributed by atoms with Crippen molar-refractivity contribution in [1.82, 2.24) is 19.9 Å². The van der Waals surface area contributed by atoms with Crippen LogP contribution in [-0.2, 0) is 5.41 Å². The number of aryl methyl sites for hydroxylation is 1. The van der Waals surface area contributed by atoms with Crippen LogP contribution in [0.5, 0.6) is 0 Å². The highest BCUT2D eigenvalue weighted by molar-refractivity contribution is 7.09. The summed E-state index contributed by atoms with van der Waals surface area (Å²) >= 11 is 1.78. The Morgan fingerprint density at radius 3 is 2.36 bits per heavy atom. The van der Waals surface area contributed by atoms with Crippen LogP contribution in [0.2, 0.25) is 0 Å². The second-order valence-electron chi connectivity index (χ2n) is 8.26. The van der Waals surface area contributed by atoms with Crippen molar-refractivity contribution in [2.24, 2.45) is 0 Å². The van der Waals surface area contributed by atoms with E-state index in [1.165, 1.54) is 4.88 Å². The van der Waals surface area contributed by atoms with Crippen LogP contribution in [0.15, 0.2) is 29.8 Å². The van der Waals surface area contributed by atoms with Gasteiger partial charge in [0.15, 0.2) is 0 Å². The molecule has 3 aromatic rings. The van der Waals surface area contributed by atoms with Gasteiger partial charge in [-0.25, -0.2) is 4.98 Å². The van der Waals surface area contributed by atoms with Gasteiger partial charge in [-0.15, -0.1) is 11.3 Å². The van der Waals surface area contributed by atoms with Gasteiger partial charge in [-0.2, -0.15) is 4.98 Å². The van der Waals surface area contributed by atoms with E-state index in [0.29, 0.717) is 11.8 Å². The molecule has 7 heteroatoms. The van der Waals surface area contributed by atoms with Gasteiger partial charge in [0, 0.05) is 47.6 Å². The van der Waals surface area contributed by atoms with Gasteiger partial charge in [-0.3, -0.25) is 4.98 Å². The third-order valence-electron chi connectivity index (χ3n) is 4.82. The minimum Gasteiger partial charge on any atom is -0.383 e. The molecule has 28 heavy (non-hydrogen) atoms. The average molecular weight is 399 g/mol. The number of hydrogen-bond acceptors (Lipinski definition) is 7. The summed E-state index contributed by atoms with van der Waals surface area (Å²) in [6.07, 6.45) is 1.81. The molecule has 0 atom stereocenters. The summed E-state index contributed by atoms with van der Waals surface area (Å²) in [7, 11) is 2.13. The van der Waals surface area contributed by atoms with Gasteiger partial charge in [-0.05, 0) is 31.5 Å². The van der Waals surface area contributed by atoms with E-state index in [4.69, 9.17) is 5.73 Å². The number of thiophene rings is 1. The Balaban J connectivity index is 0.000000320. The van der Waals surface area contributed by atoms with Crippen molar-refractivity contribution in [3.63, 3.8) is 0 Å². The largest absolute Gasteiger partial charge is 0.383 e. The summed E-state index contributed by atoms with van der Waals surface area (Å²) in [6.45, 7) is 12.4. The van der Waals surface area contributed by atoms with Gasteiger partial charge >= 0.3 is 0 Å². The standard InChI is InChI=1S/C16H24N6.C5H6S/c1-16(2,3)13-9-11-12(10-18-13)19-15(20-14(11)17)22-7-5-21(4)6-8-22;1-5-3-2-4-6-5/h9-10H,5-8H2,1-4H3,(H2,17,19,20);2-4H,1H3. The van der Waals surface area contributed by atoms with Crippen molar-refractivity contribution in [2.45, 2.75) is 33.1 Å². The molecule has 1 saturated heterocycles. The topological polar surface area (TPSA) is 71.2 Å². The second-order valence-corrected chi connectivity index (χ2v) is 9.41. The molecule has 4 heterocycles. The molecule has 0 bridgehead atoms. The number of hydrogen-bond donors (Lipinski definition) is 1. The minimum absolute atomic E-state index is 0.0171. The van der Waals surface area contributed by atoms with Crippen molar-refractivity contribution in [3.8, 4) is 0 Å². The number of anilines is 2. The van der Waals surface area contributed by atoms with Gasteiger partial charge in [0.1, 0.15) is 5.82 Å². The van der Waals surface area contributed by atoms with E-state index < -0.39 is 0 Å². The molecule has 2 N–H and O–H groups in total. The number of nitrogens with zero attached hydrogens (tertiary/aromatic N) is 5. The molecule has 0 saturated carbocycles. The van der Waals surface area contributed by atoms with Crippen molar-refractivity contribution in [1.29, 1.82) is 0 Å². The lowest BCUT2D eigenvalue weighted by Crippen LogP contribution is -2.45. The molecule has 0 radical (unpaired) electrons. The first-order valence-electron chi connectivity index (χ1n) is 9.61. The molecule has 0 aromatic carbocycles. The number of rotatable bonds is 1. The van der Waals surface area contributed by atoms with E-state index in [-0.39, 0.29) is 5.41 Å². The second kappa shape index (κ2) is 8.41. The Bertz CT molecular complexity index is 909. The van der Waals surface area contributed by atoms with Crippen molar-refractivity contribution in [3.05, 3.63) is 40.3 Å². The zero-order valence-corrected chi connectivity index (χ0v) is 18.3. The smallest absolute Gasteiger partial charge is 0.228 e. The fourth-order valence-corrected chi connectivity index (χ4v) is 3.49. The van der Waals surface area contributed by atoms with Crippen LogP contribution < -0.4 is 10.6 Å². The van der Waals surface area contributed by atoms with Crippen LogP contribution in [0, 0.1) is 6.92 Å². The maximum Gasteiger partial charge on any atom is 0.228 e. The maximum atomic E-state index is 6.19.